The average molecular weight is 407 g/mol. The number of hydrogen-bond acceptors (Lipinski definition) is 6. The summed E-state index contributed by atoms with van der Waals surface area (Å²) < 4.78 is 25.4. The summed E-state index contributed by atoms with van der Waals surface area (Å²) in [4.78, 5) is 16.8. The van der Waals surface area contributed by atoms with Crippen LogP contribution in [0.5, 0.6) is 5.75 Å². The smallest absolute Gasteiger partial charge is 0.280 e. The predicted octanol–water partition coefficient (Wildman–Crippen LogP) is 3.59. The van der Waals surface area contributed by atoms with E-state index in [1.54, 1.807) is 11.6 Å². The van der Waals surface area contributed by atoms with Crippen LogP contribution in [0.15, 0.2) is 65.4 Å². The molecule has 8 nitrogen and oxygen atoms in total. The number of ether oxygens (including phenoxy) is 1. The molecule has 2 aromatic heterocycles. The molecule has 0 bridgehead atoms. The minimum absolute atomic E-state index is 0.0413. The van der Waals surface area contributed by atoms with Gasteiger partial charge in [0.1, 0.15) is 30.3 Å². The van der Waals surface area contributed by atoms with Gasteiger partial charge in [0.25, 0.3) is 5.91 Å². The van der Waals surface area contributed by atoms with Crippen molar-refractivity contribution in [2.24, 2.45) is 0 Å². The molecule has 152 valence electrons. The molecule has 0 aliphatic heterocycles. The van der Waals surface area contributed by atoms with Crippen molar-refractivity contribution >= 4 is 11.9 Å². The minimum Gasteiger partial charge on any atom is -0.489 e. The lowest BCUT2D eigenvalue weighted by molar-refractivity contribution is 0.101. The second kappa shape index (κ2) is 8.56. The second-order valence-electron chi connectivity index (χ2n) is 6.51. The third-order valence-corrected chi connectivity index (χ3v) is 4.35. The first kappa shape index (κ1) is 19.3. The highest BCUT2D eigenvalue weighted by atomic mass is 19.1. The van der Waals surface area contributed by atoms with E-state index in [2.05, 4.69) is 20.6 Å². The number of amides is 1. The molecule has 2 aromatic carbocycles. The fraction of sp³-hybridized carbons (Fsp3) is 0.143. The van der Waals surface area contributed by atoms with Gasteiger partial charge in [0, 0.05) is 0 Å². The predicted molar refractivity (Wildman–Crippen MR) is 105 cm³/mol. The summed E-state index contributed by atoms with van der Waals surface area (Å²) in [5, 5.41) is 10.7. The Labute approximate surface area is 171 Å². The van der Waals surface area contributed by atoms with Gasteiger partial charge >= 0.3 is 0 Å². The zero-order valence-corrected chi connectivity index (χ0v) is 16.1. The molecule has 2 heterocycles. The number of anilines is 1. The van der Waals surface area contributed by atoms with E-state index in [-0.39, 0.29) is 24.1 Å². The van der Waals surface area contributed by atoms with E-state index in [0.29, 0.717) is 23.6 Å². The zero-order chi connectivity index (χ0) is 20.9. The SMILES string of the molecule is Cc1onc(C(=O)Nc2ncn(Cc3ccccc3)n2)c1COc1ccc(F)cc1. The molecule has 0 aliphatic carbocycles. The van der Waals surface area contributed by atoms with Crippen LogP contribution in [0.25, 0.3) is 0 Å². The summed E-state index contributed by atoms with van der Waals surface area (Å²) in [6.45, 7) is 2.25. The van der Waals surface area contributed by atoms with Gasteiger partial charge < -0.3 is 9.26 Å². The number of nitrogens with zero attached hydrogens (tertiary/aromatic N) is 4. The Balaban J connectivity index is 1.42. The number of aromatic nitrogens is 4. The topological polar surface area (TPSA) is 95.1 Å². The molecule has 0 unspecified atom stereocenters. The molecule has 4 aromatic rings. The number of benzene rings is 2. The number of halogens is 1. The van der Waals surface area contributed by atoms with Crippen LogP contribution in [-0.2, 0) is 13.2 Å². The number of carbonyl (C=O) groups is 1. The highest BCUT2D eigenvalue weighted by Crippen LogP contribution is 2.19. The van der Waals surface area contributed by atoms with Crippen LogP contribution in [-0.4, -0.2) is 25.8 Å². The molecule has 0 radical (unpaired) electrons. The van der Waals surface area contributed by atoms with Crippen LogP contribution in [0.3, 0.4) is 0 Å². The normalized spacial score (nSPS) is 10.7. The first-order chi connectivity index (χ1) is 14.6. The highest BCUT2D eigenvalue weighted by molar-refractivity contribution is 6.02. The largest absolute Gasteiger partial charge is 0.489 e. The lowest BCUT2D eigenvalue weighted by Crippen LogP contribution is -2.16. The monoisotopic (exact) mass is 407 g/mol. The number of nitrogens with one attached hydrogen (secondary N) is 1. The third-order valence-electron chi connectivity index (χ3n) is 4.35. The van der Waals surface area contributed by atoms with Gasteiger partial charge in [-0.1, -0.05) is 35.5 Å². The van der Waals surface area contributed by atoms with Gasteiger partial charge in [0.05, 0.1) is 12.1 Å². The molecular weight excluding hydrogens is 389 g/mol. The average Bonchev–Trinajstić information content (AvgIpc) is 3.34. The number of carbonyl (C=O) groups excluding carboxylic acids is 1. The van der Waals surface area contributed by atoms with E-state index < -0.39 is 5.91 Å². The van der Waals surface area contributed by atoms with Crippen LogP contribution in [0, 0.1) is 12.7 Å². The number of rotatable bonds is 7. The Hall–Kier alpha value is -4.01. The van der Waals surface area contributed by atoms with Gasteiger partial charge in [-0.3, -0.25) is 10.1 Å². The molecule has 1 N–H and O–H groups in total. The highest BCUT2D eigenvalue weighted by Gasteiger charge is 2.21. The zero-order valence-electron chi connectivity index (χ0n) is 16.1. The molecule has 0 fully saturated rings. The molecule has 0 saturated carbocycles. The summed E-state index contributed by atoms with van der Waals surface area (Å²) in [7, 11) is 0. The van der Waals surface area contributed by atoms with E-state index in [4.69, 9.17) is 9.26 Å². The van der Waals surface area contributed by atoms with Crippen molar-refractivity contribution in [1.82, 2.24) is 19.9 Å². The van der Waals surface area contributed by atoms with Crippen molar-refractivity contribution in [1.29, 1.82) is 0 Å². The molecule has 9 heteroatoms. The van der Waals surface area contributed by atoms with E-state index in [0.717, 1.165) is 5.56 Å². The molecule has 0 spiro atoms. The van der Waals surface area contributed by atoms with Crippen molar-refractivity contribution in [3.63, 3.8) is 0 Å². The maximum atomic E-state index is 13.0. The third kappa shape index (κ3) is 4.52. The van der Waals surface area contributed by atoms with E-state index in [9.17, 15) is 9.18 Å². The van der Waals surface area contributed by atoms with Crippen LogP contribution >= 0.6 is 0 Å². The van der Waals surface area contributed by atoms with Crippen LogP contribution < -0.4 is 10.1 Å². The van der Waals surface area contributed by atoms with Gasteiger partial charge in [0.15, 0.2) is 5.69 Å². The van der Waals surface area contributed by atoms with Gasteiger partial charge in [-0.25, -0.2) is 14.1 Å². The van der Waals surface area contributed by atoms with Gasteiger partial charge in [-0.2, -0.15) is 0 Å². The van der Waals surface area contributed by atoms with Crippen molar-refractivity contribution < 1.29 is 18.4 Å². The van der Waals surface area contributed by atoms with Crippen molar-refractivity contribution in [2.75, 3.05) is 5.32 Å². The first-order valence-electron chi connectivity index (χ1n) is 9.17. The number of hydrogen-bond donors (Lipinski definition) is 1. The van der Waals surface area contributed by atoms with Gasteiger partial charge in [0.2, 0.25) is 5.95 Å². The lowest BCUT2D eigenvalue weighted by atomic mass is 10.2. The Morgan fingerprint density at radius 3 is 2.70 bits per heavy atom. The fourth-order valence-electron chi connectivity index (χ4n) is 2.79. The van der Waals surface area contributed by atoms with E-state index >= 15 is 0 Å². The molecule has 4 rings (SSSR count). The summed E-state index contributed by atoms with van der Waals surface area (Å²) in [6.07, 6.45) is 1.54. The van der Waals surface area contributed by atoms with E-state index in [1.807, 2.05) is 30.3 Å². The summed E-state index contributed by atoms with van der Waals surface area (Å²) in [6, 6.07) is 15.4. The Morgan fingerprint density at radius 2 is 1.93 bits per heavy atom. The molecule has 0 atom stereocenters. The second-order valence-corrected chi connectivity index (χ2v) is 6.51. The van der Waals surface area contributed by atoms with Crippen molar-refractivity contribution in [2.45, 2.75) is 20.1 Å². The minimum atomic E-state index is -0.512. The van der Waals surface area contributed by atoms with Crippen molar-refractivity contribution in [3.8, 4) is 5.75 Å². The summed E-state index contributed by atoms with van der Waals surface area (Å²) in [5.74, 6) is 0.196. The summed E-state index contributed by atoms with van der Waals surface area (Å²) >= 11 is 0. The molecule has 1 amide bonds. The molecule has 30 heavy (non-hydrogen) atoms. The Kier molecular flexibility index (Phi) is 5.51. The van der Waals surface area contributed by atoms with Gasteiger partial charge in [-0.15, -0.1) is 5.10 Å². The standard InChI is InChI=1S/C21H18FN5O3/c1-14-18(12-29-17-9-7-16(22)8-10-17)19(26-30-14)20(28)24-21-23-13-27(25-21)11-15-5-3-2-4-6-15/h2-10,13H,11-12H2,1H3,(H,24,25,28). The van der Waals surface area contributed by atoms with Crippen LogP contribution in [0.4, 0.5) is 10.3 Å². The maximum Gasteiger partial charge on any atom is 0.280 e. The number of aryl methyl sites for hydroxylation is 1. The van der Waals surface area contributed by atoms with E-state index in [1.165, 1.54) is 30.6 Å². The fourth-order valence-corrected chi connectivity index (χ4v) is 2.79. The summed E-state index contributed by atoms with van der Waals surface area (Å²) in [5.41, 5.74) is 1.63. The van der Waals surface area contributed by atoms with Crippen molar-refractivity contribution in [3.05, 3.63) is 89.3 Å². The maximum absolute atomic E-state index is 13.0. The molecular formula is C21H18FN5O3. The quantitative estimate of drug-likeness (QED) is 0.503. The lowest BCUT2D eigenvalue weighted by Gasteiger charge is -2.06. The Morgan fingerprint density at radius 1 is 1.17 bits per heavy atom. The van der Waals surface area contributed by atoms with Crippen LogP contribution in [0.1, 0.15) is 27.4 Å². The van der Waals surface area contributed by atoms with Gasteiger partial charge in [-0.05, 0) is 36.8 Å². The first-order valence-corrected chi connectivity index (χ1v) is 9.17. The molecule has 0 aliphatic rings. The molecule has 0 saturated heterocycles. The van der Waals surface area contributed by atoms with Crippen LogP contribution in [0.2, 0.25) is 0 Å². The Bertz CT molecular complexity index is 1140.